The van der Waals surface area contributed by atoms with Gasteiger partial charge in [-0.2, -0.15) is 0 Å². The Morgan fingerprint density at radius 2 is 1.67 bits per heavy atom. The molecule has 9 nitrogen and oxygen atoms in total. The van der Waals surface area contributed by atoms with E-state index in [1.807, 2.05) is 0 Å². The number of aliphatic hydroxyl groups is 7. The number of benzene rings is 1. The van der Waals surface area contributed by atoms with E-state index in [0.29, 0.717) is 16.7 Å². The first-order valence-electron chi connectivity index (χ1n) is 9.81. The minimum Gasteiger partial charge on any atom is -0.394 e. The van der Waals surface area contributed by atoms with Crippen molar-refractivity contribution >= 4 is 0 Å². The van der Waals surface area contributed by atoms with Crippen molar-refractivity contribution < 1.29 is 45.2 Å². The van der Waals surface area contributed by atoms with E-state index >= 15 is 0 Å². The molecule has 0 saturated carbocycles. The van der Waals surface area contributed by atoms with Crippen LogP contribution in [0.25, 0.3) is 0 Å². The second-order valence-electron chi connectivity index (χ2n) is 7.75. The molecule has 0 spiro atoms. The average molecular weight is 424 g/mol. The van der Waals surface area contributed by atoms with Crippen molar-refractivity contribution in [2.45, 2.75) is 68.3 Å². The molecule has 2 fully saturated rings. The van der Waals surface area contributed by atoms with Gasteiger partial charge in [-0.1, -0.05) is 17.9 Å². The molecular formula is C21H28O9. The first kappa shape index (κ1) is 23.1. The molecule has 2 saturated heterocycles. The van der Waals surface area contributed by atoms with Crippen LogP contribution >= 0.6 is 0 Å². The molecule has 9 heteroatoms. The van der Waals surface area contributed by atoms with E-state index in [2.05, 4.69) is 11.8 Å². The lowest BCUT2D eigenvalue weighted by Crippen LogP contribution is -2.55. The third kappa shape index (κ3) is 4.68. The van der Waals surface area contributed by atoms with Crippen LogP contribution in [0.3, 0.4) is 0 Å². The second-order valence-corrected chi connectivity index (χ2v) is 7.75. The van der Waals surface area contributed by atoms with Crippen LogP contribution in [-0.2, 0) is 9.47 Å². The molecule has 0 bridgehead atoms. The zero-order valence-electron chi connectivity index (χ0n) is 16.5. The van der Waals surface area contributed by atoms with Gasteiger partial charge >= 0.3 is 0 Å². The van der Waals surface area contributed by atoms with Crippen LogP contribution < -0.4 is 0 Å². The highest BCUT2D eigenvalue weighted by Crippen LogP contribution is 2.34. The number of hydrogen-bond donors (Lipinski definition) is 7. The van der Waals surface area contributed by atoms with Crippen LogP contribution in [-0.4, -0.2) is 97.8 Å². The lowest BCUT2D eigenvalue weighted by molar-refractivity contribution is -0.231. The lowest BCUT2D eigenvalue weighted by Gasteiger charge is -2.40. The molecule has 0 radical (unpaired) electrons. The maximum absolute atomic E-state index is 10.3. The van der Waals surface area contributed by atoms with Crippen molar-refractivity contribution in [2.75, 3.05) is 13.2 Å². The van der Waals surface area contributed by atoms with Gasteiger partial charge in [-0.05, 0) is 30.2 Å². The molecule has 0 aliphatic carbocycles. The van der Waals surface area contributed by atoms with Crippen LogP contribution in [0.5, 0.6) is 0 Å². The van der Waals surface area contributed by atoms with E-state index in [4.69, 9.17) is 9.47 Å². The molecule has 1 aromatic carbocycles. The van der Waals surface area contributed by atoms with Gasteiger partial charge in [0.25, 0.3) is 0 Å². The molecule has 1 aromatic rings. The van der Waals surface area contributed by atoms with Crippen LogP contribution in [0.15, 0.2) is 18.2 Å². The van der Waals surface area contributed by atoms with Crippen LogP contribution in [0.1, 0.15) is 29.2 Å². The molecule has 166 valence electrons. The summed E-state index contributed by atoms with van der Waals surface area (Å²) in [6.07, 6.45) is -9.84. The van der Waals surface area contributed by atoms with Gasteiger partial charge in [0.2, 0.25) is 0 Å². The summed E-state index contributed by atoms with van der Waals surface area (Å²) in [5, 5.41) is 68.8. The van der Waals surface area contributed by atoms with Crippen molar-refractivity contribution in [3.8, 4) is 11.8 Å². The topological polar surface area (TPSA) is 160 Å². The lowest BCUT2D eigenvalue weighted by atomic mass is 9.89. The van der Waals surface area contributed by atoms with Crippen molar-refractivity contribution in [1.82, 2.24) is 0 Å². The average Bonchev–Trinajstić information content (AvgIpc) is 2.73. The number of rotatable bonds is 3. The van der Waals surface area contributed by atoms with Crippen molar-refractivity contribution in [3.05, 3.63) is 34.9 Å². The van der Waals surface area contributed by atoms with E-state index in [1.54, 1.807) is 25.1 Å². The zero-order chi connectivity index (χ0) is 22.0. The Morgan fingerprint density at radius 1 is 0.933 bits per heavy atom. The van der Waals surface area contributed by atoms with Gasteiger partial charge in [0.05, 0.1) is 25.4 Å². The van der Waals surface area contributed by atoms with Crippen LogP contribution in [0, 0.1) is 18.8 Å². The summed E-state index contributed by atoms with van der Waals surface area (Å²) in [6, 6.07) is 5.04. The van der Waals surface area contributed by atoms with Crippen molar-refractivity contribution in [2.24, 2.45) is 0 Å². The smallest absolute Gasteiger partial charge is 0.147 e. The second kappa shape index (κ2) is 9.70. The zero-order valence-corrected chi connectivity index (χ0v) is 16.5. The van der Waals surface area contributed by atoms with Crippen LogP contribution in [0.4, 0.5) is 0 Å². The molecule has 7 unspecified atom stereocenters. The fraction of sp³-hybridized carbons (Fsp3) is 0.619. The summed E-state index contributed by atoms with van der Waals surface area (Å²) >= 11 is 0. The fourth-order valence-corrected chi connectivity index (χ4v) is 3.78. The highest BCUT2D eigenvalue weighted by atomic mass is 16.5. The molecular weight excluding hydrogens is 396 g/mol. The van der Waals surface area contributed by atoms with Gasteiger partial charge < -0.3 is 45.2 Å². The third-order valence-electron chi connectivity index (χ3n) is 5.58. The minimum atomic E-state index is -1.46. The van der Waals surface area contributed by atoms with Gasteiger partial charge in [-0.3, -0.25) is 0 Å². The molecule has 3 rings (SSSR count). The summed E-state index contributed by atoms with van der Waals surface area (Å²) in [6.45, 7) is 0.975. The predicted octanol–water partition coefficient (Wildman–Crippen LogP) is -2.27. The maximum atomic E-state index is 10.3. The number of ether oxygens (including phenoxy) is 2. The number of aliphatic hydroxyl groups excluding tert-OH is 7. The first-order valence-corrected chi connectivity index (χ1v) is 9.81. The Bertz CT molecular complexity index is 786. The Kier molecular flexibility index (Phi) is 7.47. The minimum absolute atomic E-state index is 0.128. The fourth-order valence-electron chi connectivity index (χ4n) is 3.78. The highest BCUT2D eigenvalue weighted by Gasteiger charge is 2.44. The van der Waals surface area contributed by atoms with Gasteiger partial charge in [-0.25, -0.2) is 0 Å². The Labute approximate surface area is 174 Å². The molecule has 2 heterocycles. The molecule has 0 amide bonds. The SMILES string of the molecule is Cc1cc(C#CC2OC(CO)CC(O)C2O)ccc1[C@H]1OC(CO)[C@@H](O)C(O)C1O. The maximum Gasteiger partial charge on any atom is 0.147 e. The Hall–Kier alpha value is -1.58. The van der Waals surface area contributed by atoms with E-state index in [9.17, 15) is 35.7 Å². The molecule has 2 aliphatic heterocycles. The molecule has 0 aromatic heterocycles. The Balaban J connectivity index is 1.79. The largest absolute Gasteiger partial charge is 0.394 e. The van der Waals surface area contributed by atoms with Crippen LogP contribution in [0.2, 0.25) is 0 Å². The molecule has 9 atom stereocenters. The van der Waals surface area contributed by atoms with E-state index in [-0.39, 0.29) is 13.0 Å². The third-order valence-corrected chi connectivity index (χ3v) is 5.58. The van der Waals surface area contributed by atoms with E-state index in [0.717, 1.165) is 0 Å². The summed E-state index contributed by atoms with van der Waals surface area (Å²) < 4.78 is 11.1. The summed E-state index contributed by atoms with van der Waals surface area (Å²) in [5.74, 6) is 5.63. The van der Waals surface area contributed by atoms with Gasteiger partial charge in [0.1, 0.15) is 42.7 Å². The van der Waals surface area contributed by atoms with Gasteiger partial charge in [-0.15, -0.1) is 0 Å². The molecule has 2 aliphatic rings. The van der Waals surface area contributed by atoms with E-state index in [1.165, 1.54) is 0 Å². The van der Waals surface area contributed by atoms with Crippen molar-refractivity contribution in [3.63, 3.8) is 0 Å². The first-order chi connectivity index (χ1) is 14.3. The standard InChI is InChI=1S/C21H28O9/c1-10-6-11(3-5-15-17(25)14(24)7-12(8-22)29-15)2-4-13(10)21-20(28)19(27)18(26)16(9-23)30-21/h2,4,6,12,14-28H,7-9H2,1H3/t12?,14?,15?,16?,17?,18-,19?,20?,21-/m1/s1. The van der Waals surface area contributed by atoms with Crippen molar-refractivity contribution in [1.29, 1.82) is 0 Å². The number of aryl methyl sites for hydroxylation is 1. The van der Waals surface area contributed by atoms with Gasteiger partial charge in [0, 0.05) is 12.0 Å². The van der Waals surface area contributed by atoms with Gasteiger partial charge in [0.15, 0.2) is 0 Å². The molecule has 30 heavy (non-hydrogen) atoms. The summed E-state index contributed by atoms with van der Waals surface area (Å²) in [5.41, 5.74) is 1.85. The highest BCUT2D eigenvalue weighted by molar-refractivity contribution is 5.42. The Morgan fingerprint density at radius 3 is 2.30 bits per heavy atom. The van der Waals surface area contributed by atoms with E-state index < -0.39 is 61.5 Å². The summed E-state index contributed by atoms with van der Waals surface area (Å²) in [7, 11) is 0. The molecule has 7 N–H and O–H groups in total. The quantitative estimate of drug-likeness (QED) is 0.266. The summed E-state index contributed by atoms with van der Waals surface area (Å²) in [4.78, 5) is 0. The predicted molar refractivity (Wildman–Crippen MR) is 103 cm³/mol. The number of hydrogen-bond acceptors (Lipinski definition) is 9. The monoisotopic (exact) mass is 424 g/mol. The normalized spacial score (nSPS) is 39.3.